The fourth-order valence-corrected chi connectivity index (χ4v) is 1.62. The molecule has 1 aromatic carbocycles. The Bertz CT molecular complexity index is 473. The van der Waals surface area contributed by atoms with Crippen LogP contribution >= 0.6 is 0 Å². The summed E-state index contributed by atoms with van der Waals surface area (Å²) in [6.07, 6.45) is 0.609. The van der Waals surface area contributed by atoms with E-state index in [1.807, 2.05) is 24.3 Å². The second-order valence-corrected chi connectivity index (χ2v) is 3.49. The van der Waals surface area contributed by atoms with Gasteiger partial charge < -0.3 is 16.2 Å². The zero-order valence-electron chi connectivity index (χ0n) is 9.03. The Kier molecular flexibility index (Phi) is 2.68. The molecule has 0 unspecified atom stereocenters. The number of hydrogen-bond acceptors (Lipinski definition) is 4. The molecule has 0 aliphatic rings. The number of nitrogen functional groups attached to an aromatic ring is 2. The van der Waals surface area contributed by atoms with Gasteiger partial charge in [-0.3, -0.25) is 5.10 Å². The maximum atomic E-state index is 5.74. The van der Waals surface area contributed by atoms with Crippen molar-refractivity contribution in [2.75, 3.05) is 18.6 Å². The molecule has 2 aromatic rings. The van der Waals surface area contributed by atoms with Crippen molar-refractivity contribution in [2.45, 2.75) is 6.42 Å². The number of rotatable bonds is 3. The van der Waals surface area contributed by atoms with Crippen LogP contribution in [0.4, 0.5) is 11.6 Å². The molecule has 16 heavy (non-hydrogen) atoms. The maximum Gasteiger partial charge on any atom is 0.150 e. The fraction of sp³-hybridized carbons (Fsp3) is 0.182. The first-order valence-corrected chi connectivity index (χ1v) is 4.92. The largest absolute Gasteiger partial charge is 0.496 e. The number of aromatic nitrogens is 2. The lowest BCUT2D eigenvalue weighted by Gasteiger charge is -2.07. The first-order valence-electron chi connectivity index (χ1n) is 4.92. The monoisotopic (exact) mass is 218 g/mol. The number of nitrogens with two attached hydrogens (primary N) is 2. The Morgan fingerprint density at radius 2 is 2.06 bits per heavy atom. The van der Waals surface area contributed by atoms with Crippen molar-refractivity contribution >= 4 is 11.6 Å². The van der Waals surface area contributed by atoms with Gasteiger partial charge in [0.25, 0.3) is 0 Å². The minimum atomic E-state index is 0.434. The van der Waals surface area contributed by atoms with E-state index >= 15 is 0 Å². The van der Waals surface area contributed by atoms with Crippen LogP contribution in [0.5, 0.6) is 5.75 Å². The molecule has 0 bridgehead atoms. The quantitative estimate of drug-likeness (QED) is 0.721. The highest BCUT2D eigenvalue weighted by Gasteiger charge is 2.11. The van der Waals surface area contributed by atoms with Crippen LogP contribution in [0.3, 0.4) is 0 Å². The van der Waals surface area contributed by atoms with Gasteiger partial charge in [0.2, 0.25) is 0 Å². The zero-order chi connectivity index (χ0) is 11.5. The third-order valence-electron chi connectivity index (χ3n) is 2.49. The van der Waals surface area contributed by atoms with Crippen molar-refractivity contribution < 1.29 is 4.74 Å². The summed E-state index contributed by atoms with van der Waals surface area (Å²) >= 11 is 0. The van der Waals surface area contributed by atoms with Crippen LogP contribution in [-0.2, 0) is 6.42 Å². The summed E-state index contributed by atoms with van der Waals surface area (Å²) in [6.45, 7) is 0. The molecule has 0 aliphatic carbocycles. The van der Waals surface area contributed by atoms with E-state index in [0.29, 0.717) is 18.1 Å². The average Bonchev–Trinajstić information content (AvgIpc) is 2.61. The van der Waals surface area contributed by atoms with Gasteiger partial charge in [-0.25, -0.2) is 0 Å². The lowest BCUT2D eigenvalue weighted by atomic mass is 10.1. The van der Waals surface area contributed by atoms with Crippen molar-refractivity contribution in [2.24, 2.45) is 0 Å². The van der Waals surface area contributed by atoms with E-state index in [1.165, 1.54) is 0 Å². The van der Waals surface area contributed by atoms with Crippen LogP contribution in [-0.4, -0.2) is 17.3 Å². The number of methoxy groups -OCH3 is 1. The second-order valence-electron chi connectivity index (χ2n) is 3.49. The van der Waals surface area contributed by atoms with Gasteiger partial charge in [0.1, 0.15) is 11.6 Å². The molecule has 0 spiro atoms. The van der Waals surface area contributed by atoms with E-state index in [2.05, 4.69) is 10.2 Å². The molecule has 0 saturated carbocycles. The predicted molar refractivity (Wildman–Crippen MR) is 63.2 cm³/mol. The van der Waals surface area contributed by atoms with Gasteiger partial charge in [0.05, 0.1) is 7.11 Å². The van der Waals surface area contributed by atoms with E-state index in [4.69, 9.17) is 16.2 Å². The number of ether oxygens (including phenoxy) is 1. The van der Waals surface area contributed by atoms with E-state index in [-0.39, 0.29) is 0 Å². The molecule has 5 N–H and O–H groups in total. The Hall–Kier alpha value is -2.17. The summed E-state index contributed by atoms with van der Waals surface area (Å²) in [5.74, 6) is 1.76. The first-order chi connectivity index (χ1) is 7.72. The molecule has 0 atom stereocenters. The topological polar surface area (TPSA) is 90.0 Å². The minimum absolute atomic E-state index is 0.434. The van der Waals surface area contributed by atoms with E-state index < -0.39 is 0 Å². The zero-order valence-corrected chi connectivity index (χ0v) is 9.03. The molecule has 0 saturated heterocycles. The highest BCUT2D eigenvalue weighted by Crippen LogP contribution is 2.25. The molecule has 1 aromatic heterocycles. The van der Waals surface area contributed by atoms with Crippen molar-refractivity contribution in [1.82, 2.24) is 10.2 Å². The van der Waals surface area contributed by atoms with E-state index in [9.17, 15) is 0 Å². The van der Waals surface area contributed by atoms with Crippen molar-refractivity contribution in [1.29, 1.82) is 0 Å². The molecular weight excluding hydrogens is 204 g/mol. The van der Waals surface area contributed by atoms with Crippen molar-refractivity contribution in [3.8, 4) is 5.75 Å². The summed E-state index contributed by atoms with van der Waals surface area (Å²) in [5.41, 5.74) is 13.3. The number of hydrogen-bond donors (Lipinski definition) is 3. The molecule has 0 radical (unpaired) electrons. The number of para-hydroxylation sites is 1. The first kappa shape index (κ1) is 10.4. The highest BCUT2D eigenvalue weighted by atomic mass is 16.5. The summed E-state index contributed by atoms with van der Waals surface area (Å²) in [5, 5.41) is 6.51. The van der Waals surface area contributed by atoms with Gasteiger partial charge in [-0.05, 0) is 11.6 Å². The van der Waals surface area contributed by atoms with E-state index in [0.717, 1.165) is 16.9 Å². The normalized spacial score (nSPS) is 10.3. The third-order valence-corrected chi connectivity index (χ3v) is 2.49. The van der Waals surface area contributed by atoms with Crippen LogP contribution in [0.1, 0.15) is 11.1 Å². The number of benzene rings is 1. The molecule has 0 aliphatic heterocycles. The number of H-pyrrole nitrogens is 1. The molecule has 0 fully saturated rings. The summed E-state index contributed by atoms with van der Waals surface area (Å²) in [4.78, 5) is 0. The third kappa shape index (κ3) is 1.79. The van der Waals surface area contributed by atoms with Gasteiger partial charge in [-0.15, -0.1) is 0 Å². The number of aromatic amines is 1. The lowest BCUT2D eigenvalue weighted by Crippen LogP contribution is -1.99. The average molecular weight is 218 g/mol. The van der Waals surface area contributed by atoms with Gasteiger partial charge in [-0.2, -0.15) is 5.10 Å². The molecule has 84 valence electrons. The molecule has 5 heteroatoms. The molecule has 5 nitrogen and oxygen atoms in total. The number of nitrogens with zero attached hydrogens (tertiary/aromatic N) is 1. The predicted octanol–water partition coefficient (Wildman–Crippen LogP) is 1.17. The molecule has 1 heterocycles. The van der Waals surface area contributed by atoms with Crippen LogP contribution in [0, 0.1) is 0 Å². The number of nitrogens with one attached hydrogen (secondary N) is 1. The molecular formula is C11H14N4O. The smallest absolute Gasteiger partial charge is 0.150 e. The molecule has 2 rings (SSSR count). The van der Waals surface area contributed by atoms with Gasteiger partial charge in [-0.1, -0.05) is 18.2 Å². The van der Waals surface area contributed by atoms with Crippen LogP contribution in [0.25, 0.3) is 0 Å². The Labute approximate surface area is 93.4 Å². The van der Waals surface area contributed by atoms with Crippen molar-refractivity contribution in [3.63, 3.8) is 0 Å². The summed E-state index contributed by atoms with van der Waals surface area (Å²) < 4.78 is 5.26. The maximum absolute atomic E-state index is 5.74. The van der Waals surface area contributed by atoms with Crippen LogP contribution in [0.15, 0.2) is 24.3 Å². The van der Waals surface area contributed by atoms with Crippen LogP contribution in [0.2, 0.25) is 0 Å². The SMILES string of the molecule is COc1ccccc1Cc1c(N)n[nH]c1N. The van der Waals surface area contributed by atoms with Crippen molar-refractivity contribution in [3.05, 3.63) is 35.4 Å². The number of anilines is 2. The lowest BCUT2D eigenvalue weighted by molar-refractivity contribution is 0.410. The minimum Gasteiger partial charge on any atom is -0.496 e. The summed E-state index contributed by atoms with van der Waals surface area (Å²) in [6, 6.07) is 7.75. The molecule has 0 amide bonds. The Balaban J connectivity index is 2.34. The fourth-order valence-electron chi connectivity index (χ4n) is 1.62. The van der Waals surface area contributed by atoms with Gasteiger partial charge in [0.15, 0.2) is 5.82 Å². The Morgan fingerprint density at radius 1 is 1.31 bits per heavy atom. The Morgan fingerprint density at radius 3 is 2.69 bits per heavy atom. The van der Waals surface area contributed by atoms with E-state index in [1.54, 1.807) is 7.11 Å². The summed E-state index contributed by atoms with van der Waals surface area (Å²) in [7, 11) is 1.64. The van der Waals surface area contributed by atoms with Crippen LogP contribution < -0.4 is 16.2 Å². The highest BCUT2D eigenvalue weighted by molar-refractivity contribution is 5.56. The second kappa shape index (κ2) is 4.14. The standard InChI is InChI=1S/C11H14N4O/c1-16-9-5-3-2-4-7(9)6-8-10(12)14-15-11(8)13/h2-5H,6H2,1H3,(H5,12,13,14,15). The van der Waals surface area contributed by atoms with Gasteiger partial charge >= 0.3 is 0 Å². The van der Waals surface area contributed by atoms with Gasteiger partial charge in [0, 0.05) is 12.0 Å².